The van der Waals surface area contributed by atoms with Crippen LogP contribution >= 0.6 is 505 Å². The molecule has 2 aliphatic heterocycles. The number of aliphatic hydroxyl groups is 3. The molecule has 21 nitrogen and oxygen atoms in total. The second-order valence-corrected chi connectivity index (χ2v) is 288. The number of benzene rings is 2. The lowest BCUT2D eigenvalue weighted by atomic mass is 9.46. The number of aliphatic carboxylic acids is 1. The Bertz CT molecular complexity index is 5180. The van der Waals surface area contributed by atoms with Gasteiger partial charge in [0.2, 0.25) is 0 Å². The largest absolute Gasteiger partial charge is 0.481 e. The maximum atomic E-state index is 14.0. The van der Waals surface area contributed by atoms with E-state index in [2.05, 4.69) is 308 Å². The predicted octanol–water partition coefficient (Wildman–Crippen LogP) is 40.8. The Morgan fingerprint density at radius 2 is 0.658 bits per heavy atom. The van der Waals surface area contributed by atoms with Crippen molar-refractivity contribution in [2.75, 3.05) is 14.2 Å². The number of carboxylic acids is 1. The van der Waals surface area contributed by atoms with Gasteiger partial charge in [0.15, 0.2) is 11.6 Å². The van der Waals surface area contributed by atoms with Crippen molar-refractivity contribution in [3.63, 3.8) is 0 Å². The maximum Gasteiger partial charge on any atom is 0.352 e. The number of hydrogen-bond acceptors (Lipinski definition) is 14. The molecule has 0 amide bonds. The smallest absolute Gasteiger partial charge is 0.352 e. The van der Waals surface area contributed by atoms with Gasteiger partial charge in [-0.1, -0.05) is 98.1 Å². The highest BCUT2D eigenvalue weighted by molar-refractivity contribution is 9.50. The number of methoxy groups -OCH3 is 2. The van der Waals surface area contributed by atoms with Crippen LogP contribution in [0.4, 0.5) is 0 Å². The lowest BCUT2D eigenvalue weighted by molar-refractivity contribution is -0.234. The molecule has 8 aliphatic rings. The number of para-hydroxylation sites is 2. The summed E-state index contributed by atoms with van der Waals surface area (Å²) in [6.45, 7) is 13.9. The van der Waals surface area contributed by atoms with Crippen LogP contribution in [0.15, 0.2) is 103 Å². The number of ether oxygens (including phenoxy) is 3. The molecule has 6 saturated carbocycles. The van der Waals surface area contributed by atoms with Crippen molar-refractivity contribution in [1.82, 2.24) is 27.9 Å². The van der Waals surface area contributed by atoms with Crippen molar-refractivity contribution < 1.29 is 53.8 Å². The van der Waals surface area contributed by atoms with E-state index < -0.39 is 86.3 Å². The van der Waals surface area contributed by atoms with Crippen LogP contribution in [0.1, 0.15) is 107 Å². The van der Waals surface area contributed by atoms with Crippen LogP contribution in [-0.2, 0) is 59.6 Å². The van der Waals surface area contributed by atoms with E-state index in [-0.39, 0.29) is 282 Å². The summed E-state index contributed by atoms with van der Waals surface area (Å²) in [5, 5.41) is 44.4. The first-order chi connectivity index (χ1) is 67.8. The fourth-order valence-corrected chi connectivity index (χ4v) is 859. The summed E-state index contributed by atoms with van der Waals surface area (Å²) in [5.74, 6) is -2.84. The van der Waals surface area contributed by atoms with Crippen LogP contribution in [0.25, 0.3) is 11.4 Å². The SMILES string of the molecule is CC(=O)O.CO[C@H]1C[C@@]23CC[C@@H](C)[C@@](C)([C@H](O)C[C@@H](C4=CCn5c(=O)n(-c6ccccc6)c(=O)n5C4)[C@@H]2C)[C@]3(O)C1=O.CO[C@H]1C[C@@]23CC[C@@H](C)[C@@](C)([C@H](OC(C)=O)C[C@@H](C4=CCn5c(=O)n(-c6ccccc6)c(=O)n5C4)[C@@H]2C)[C@]3(O)C1=O.PP(P)P(P(P)P)P(P(P)P)P(P(P(P(P)P)P(P)P)P(P(P)P)P(P)P)P(P(P(P)P)P(P)P)P(P(P)P)P(P)P.PPP(P(P)P)P(P(P(P)P)P(P)P)P(P(P)P)P(P)P. The molecule has 4 heterocycles. The molecule has 0 radical (unpaired) electrons. The molecule has 2 aromatic carbocycles. The fraction of sp³-hybridized carbons (Fsp3) is 0.613. The van der Waals surface area contributed by atoms with Crippen molar-refractivity contribution >= 4 is 529 Å². The first kappa shape index (κ1) is 152. The summed E-state index contributed by atoms with van der Waals surface area (Å²) in [5.41, 5.74) is -5.78. The van der Waals surface area contributed by atoms with Crippen molar-refractivity contribution in [1.29, 1.82) is 0 Å². The standard InChI is InChI=1S/C31H39N3O7.C29H37N3O6.C2H4O2.H44P42.H23P21/c1-18-11-13-30-16-24(40-5)26(36)31(30,39)29(18,4)25(41-20(3)35)15-23(19(30)2)21-12-14-32-27(37)34(28(38)33(32)17-21)22-9-7-6-8-10-22;1-17-10-12-28-15-22(38-4)24(34)29(28,37)27(17,3)23(33)14-21(18(28)2)19-11-13-30-25(35)32(26(36)31(30)16-19)20-8-6-5-7-9-20;1-2(3)4;1-23(2)34(24(3)4)39(33(21)22)42(40(35(25(5)6)26(7)8)36(27(9)10)28(11)12)41(37(29(13)14)30(15)16)38(31(17)18)32(19)20;1-12-18(13(2)3)21(19(14(4)5)15(6)7)20(16(8)9)17(10)11/h6-10,12,18-19,23-25,39H,11,13-17H2,1-5H3;5-9,11,17-18,21-23,33,37H,10,12-16H2,1-4H3;1H3,(H,3,4);1-22H2;12H,1-11H2/t18-,19+,23-,24+,25-,29+,30+,31-;17-,18+,21-,22+,23-,27+,28+,29-;;;/m11.../s1. The number of rotatable bonds is 35. The summed E-state index contributed by atoms with van der Waals surface area (Å²) in [6, 6.07) is 17.7. The molecule has 830 valence electrons. The highest BCUT2D eigenvalue weighted by atomic mass is 33.5. The Morgan fingerprint density at radius 3 is 0.938 bits per heavy atom. The van der Waals surface area contributed by atoms with Gasteiger partial charge in [-0.15, -0.1) is 295 Å². The van der Waals surface area contributed by atoms with Gasteiger partial charge < -0.3 is 34.6 Å². The molecule has 4 N–H and O–H groups in total. The third-order valence-electron chi connectivity index (χ3n) is 27.8. The molecule has 36 unspecified atom stereocenters. The van der Waals surface area contributed by atoms with Crippen LogP contribution < -0.4 is 22.8 Å². The second kappa shape index (κ2) is 68.7. The first-order valence-corrected chi connectivity index (χ1v) is 157. The minimum atomic E-state index is -1.75. The van der Waals surface area contributed by atoms with Crippen molar-refractivity contribution in [3.05, 3.63) is 126 Å². The van der Waals surface area contributed by atoms with E-state index in [1.165, 1.54) is 49.0 Å². The Morgan fingerprint density at radius 1 is 0.390 bits per heavy atom. The molecule has 6 fully saturated rings. The Labute approximate surface area is 976 Å². The predicted molar refractivity (Wildman–Crippen MR) is 832 cm³/mol. The number of nitrogens with zero attached hydrogens (tertiary/aromatic N) is 6. The number of esters is 1. The molecule has 0 saturated heterocycles. The zero-order valence-electron chi connectivity index (χ0n) is 81.7. The van der Waals surface area contributed by atoms with Gasteiger partial charge in [-0.05, 0) is 325 Å². The normalized spacial score (nSPS) is 27.9. The quantitative estimate of drug-likeness (QED) is 0.0189. The van der Waals surface area contributed by atoms with Gasteiger partial charge in [-0.2, -0.15) is 0 Å². The fourth-order valence-electron chi connectivity index (χ4n) is 21.1. The minimum absolute atomic E-state index is 0.0296. The number of aliphatic hydroxyl groups excluding tert-OH is 1. The Kier molecular flexibility index (Phi) is 71.3. The van der Waals surface area contributed by atoms with Gasteiger partial charge in [0.25, 0.3) is 5.97 Å². The minimum Gasteiger partial charge on any atom is -0.481 e. The number of carboxylic acid groups (broad SMARTS) is 1. The number of aromatic nitrogens is 6. The number of carbonyl (C=O) groups is 4. The van der Waals surface area contributed by atoms with E-state index in [9.17, 15) is 48.9 Å². The number of hydrogen-bond donors (Lipinski definition) is 4. The zero-order valence-corrected chi connectivity index (χ0v) is 147. The van der Waals surface area contributed by atoms with Gasteiger partial charge in [-0.25, -0.2) is 47.0 Å². The lowest BCUT2D eigenvalue weighted by Gasteiger charge is -2.60. The molecule has 146 heavy (non-hydrogen) atoms. The third kappa shape index (κ3) is 34.2. The molecule has 12 rings (SSSR count). The van der Waals surface area contributed by atoms with Crippen molar-refractivity contribution in [2.24, 2.45) is 57.2 Å². The summed E-state index contributed by atoms with van der Waals surface area (Å²) in [6.07, 6.45) is 5.31. The van der Waals surface area contributed by atoms with Crippen LogP contribution in [0, 0.1) is 57.2 Å². The van der Waals surface area contributed by atoms with Crippen molar-refractivity contribution in [3.8, 4) is 11.4 Å². The van der Waals surface area contributed by atoms with Gasteiger partial charge in [0.1, 0.15) is 29.5 Å². The van der Waals surface area contributed by atoms with E-state index in [1.807, 2.05) is 52.0 Å². The zero-order chi connectivity index (χ0) is 111. The van der Waals surface area contributed by atoms with E-state index in [4.69, 9.17) is 24.1 Å². The monoisotopic (exact) mass is 3170 g/mol. The molecule has 6 aliphatic carbocycles. The number of carbonyl (C=O) groups excluding carboxylic acids is 3. The van der Waals surface area contributed by atoms with E-state index >= 15 is 0 Å². The van der Waals surface area contributed by atoms with E-state index in [0.29, 0.717) is 49.9 Å². The van der Waals surface area contributed by atoms with Crippen molar-refractivity contribution in [2.45, 2.75) is 169 Å². The van der Waals surface area contributed by atoms with Crippen LogP contribution in [0.5, 0.6) is 0 Å². The Hall–Kier alpha value is 20.6. The highest BCUT2D eigenvalue weighted by Crippen LogP contribution is 3.44. The third-order valence-corrected chi connectivity index (χ3v) is 444. The number of ketones is 2. The average molecular weight is 3170 g/mol. The molecule has 84 heteroatoms. The Balaban J connectivity index is 0.000000240. The van der Waals surface area contributed by atoms with Gasteiger partial charge in [0, 0.05) is 49.7 Å². The van der Waals surface area contributed by atoms with E-state index in [0.717, 1.165) is 38.9 Å². The van der Waals surface area contributed by atoms with Gasteiger partial charge in [-0.3, -0.25) is 19.2 Å². The van der Waals surface area contributed by atoms with E-state index in [1.54, 1.807) is 48.5 Å². The van der Waals surface area contributed by atoms with Crippen LogP contribution in [0.3, 0.4) is 0 Å². The molecule has 4 bridgehead atoms. The summed E-state index contributed by atoms with van der Waals surface area (Å²) in [7, 11) is 114. The molecule has 4 aromatic rings. The molecule has 52 atom stereocenters. The molecule has 0 spiro atoms. The first-order valence-electron chi connectivity index (χ1n) is 43.3. The summed E-state index contributed by atoms with van der Waals surface area (Å²) in [4.78, 5) is 103. The number of fused-ring (bicyclic) bond motifs is 2. The number of allylic oxidation sites excluding steroid dienone is 4. The molecular formula is C62H147N6O15P63. The van der Waals surface area contributed by atoms with Gasteiger partial charge >= 0.3 is 28.7 Å². The van der Waals surface area contributed by atoms with Crippen LogP contribution in [0.2, 0.25) is 0 Å². The second-order valence-electron chi connectivity index (χ2n) is 35.2. The number of Topliss-reactive ketones (excluding diaryl/α,β-unsaturated/α-hetero) is 2. The molecule has 2 aromatic heterocycles. The van der Waals surface area contributed by atoms with Crippen LogP contribution in [-0.4, -0.2) is 122 Å². The average Bonchev–Trinajstić information content (AvgIpc) is 1.49. The van der Waals surface area contributed by atoms with Gasteiger partial charge in [0.05, 0.1) is 43.7 Å². The topological polar surface area (TPSA) is 275 Å². The summed E-state index contributed by atoms with van der Waals surface area (Å²) < 4.78 is 25.5. The lowest BCUT2D eigenvalue weighted by Crippen LogP contribution is -2.69. The molecular weight excluding hydrogens is 3020 g/mol. The summed E-state index contributed by atoms with van der Waals surface area (Å²) >= 11 is 0. The highest BCUT2D eigenvalue weighted by Gasteiger charge is 2.81. The maximum absolute atomic E-state index is 14.0.